The van der Waals surface area contributed by atoms with Gasteiger partial charge in [0.05, 0.1) is 18.8 Å². The average Bonchev–Trinajstić information content (AvgIpc) is 2.91. The summed E-state index contributed by atoms with van der Waals surface area (Å²) in [6, 6.07) is 4.52. The molecule has 6 heteroatoms. The van der Waals surface area contributed by atoms with Gasteiger partial charge in [0.2, 0.25) is 0 Å². The molecule has 22 heavy (non-hydrogen) atoms. The Morgan fingerprint density at radius 2 is 2.23 bits per heavy atom. The van der Waals surface area contributed by atoms with Gasteiger partial charge >= 0.3 is 5.97 Å². The number of fused-ring (bicyclic) bond motifs is 1. The van der Waals surface area contributed by atoms with Crippen LogP contribution in [0.3, 0.4) is 0 Å². The molecule has 0 saturated carbocycles. The molecule has 0 bridgehead atoms. The second-order valence-electron chi connectivity index (χ2n) is 5.56. The van der Waals surface area contributed by atoms with Crippen LogP contribution in [-0.2, 0) is 9.53 Å². The SMILES string of the molecule is CCOC(=O)CN1CCC(c2noc3cc(F)ccc23)CC1. The molecule has 0 aliphatic carbocycles. The van der Waals surface area contributed by atoms with E-state index in [0.717, 1.165) is 37.0 Å². The molecule has 0 N–H and O–H groups in total. The van der Waals surface area contributed by atoms with Crippen LogP contribution >= 0.6 is 0 Å². The number of ether oxygens (including phenoxy) is 1. The number of rotatable bonds is 4. The summed E-state index contributed by atoms with van der Waals surface area (Å²) in [7, 11) is 0. The maximum atomic E-state index is 13.2. The first kappa shape index (κ1) is 15.0. The molecule has 1 aliphatic heterocycles. The molecule has 3 rings (SSSR count). The number of piperidine rings is 1. The monoisotopic (exact) mass is 306 g/mol. The van der Waals surface area contributed by atoms with Crippen LogP contribution in [0.4, 0.5) is 4.39 Å². The molecule has 0 radical (unpaired) electrons. The Morgan fingerprint density at radius 1 is 1.45 bits per heavy atom. The molecule has 0 atom stereocenters. The van der Waals surface area contributed by atoms with Gasteiger partial charge in [-0.25, -0.2) is 4.39 Å². The first-order valence-corrected chi connectivity index (χ1v) is 7.60. The maximum absolute atomic E-state index is 13.2. The predicted molar refractivity (Wildman–Crippen MR) is 79.0 cm³/mol. The quantitative estimate of drug-likeness (QED) is 0.813. The van der Waals surface area contributed by atoms with Crippen LogP contribution in [-0.4, -0.2) is 42.3 Å². The van der Waals surface area contributed by atoms with Crippen molar-refractivity contribution in [2.24, 2.45) is 0 Å². The highest BCUT2D eigenvalue weighted by Gasteiger charge is 2.26. The van der Waals surface area contributed by atoms with Crippen molar-refractivity contribution in [3.63, 3.8) is 0 Å². The Bertz CT molecular complexity index is 662. The minimum Gasteiger partial charge on any atom is -0.465 e. The first-order valence-electron chi connectivity index (χ1n) is 7.60. The predicted octanol–water partition coefficient (Wildman–Crippen LogP) is 2.71. The highest BCUT2D eigenvalue weighted by Crippen LogP contribution is 2.32. The van der Waals surface area contributed by atoms with Crippen LogP contribution in [0.25, 0.3) is 11.0 Å². The number of halogens is 1. The molecule has 0 unspecified atom stereocenters. The number of hydrogen-bond acceptors (Lipinski definition) is 5. The molecule has 118 valence electrons. The van der Waals surface area contributed by atoms with Crippen LogP contribution < -0.4 is 0 Å². The number of carbonyl (C=O) groups excluding carboxylic acids is 1. The van der Waals surface area contributed by atoms with Gasteiger partial charge in [-0.2, -0.15) is 0 Å². The third-order valence-corrected chi connectivity index (χ3v) is 4.09. The standard InChI is InChI=1S/C16H19FN2O3/c1-2-21-15(20)10-19-7-5-11(6-8-19)16-13-4-3-12(17)9-14(13)22-18-16/h3-4,9,11H,2,5-8,10H2,1H3. The molecule has 2 heterocycles. The lowest BCUT2D eigenvalue weighted by atomic mass is 9.91. The molecule has 1 aromatic heterocycles. The van der Waals surface area contributed by atoms with Gasteiger partial charge in [-0.05, 0) is 45.0 Å². The fraction of sp³-hybridized carbons (Fsp3) is 0.500. The lowest BCUT2D eigenvalue weighted by Gasteiger charge is -2.30. The number of hydrogen-bond donors (Lipinski definition) is 0. The number of aromatic nitrogens is 1. The molecule has 1 aromatic carbocycles. The molecule has 2 aromatic rings. The van der Waals surface area contributed by atoms with Crippen molar-refractivity contribution in [1.82, 2.24) is 10.1 Å². The summed E-state index contributed by atoms with van der Waals surface area (Å²) >= 11 is 0. The number of benzene rings is 1. The Kier molecular flexibility index (Phi) is 4.38. The van der Waals surface area contributed by atoms with E-state index in [9.17, 15) is 9.18 Å². The smallest absolute Gasteiger partial charge is 0.320 e. The van der Waals surface area contributed by atoms with Gasteiger partial charge in [0, 0.05) is 17.4 Å². The van der Waals surface area contributed by atoms with Crippen molar-refractivity contribution in [3.8, 4) is 0 Å². The highest BCUT2D eigenvalue weighted by molar-refractivity contribution is 5.80. The Balaban J connectivity index is 1.64. The van der Waals surface area contributed by atoms with Crippen LogP contribution in [0.1, 0.15) is 31.4 Å². The maximum Gasteiger partial charge on any atom is 0.320 e. The van der Waals surface area contributed by atoms with Crippen molar-refractivity contribution in [3.05, 3.63) is 29.7 Å². The van der Waals surface area contributed by atoms with Gasteiger partial charge in [0.25, 0.3) is 0 Å². The van der Waals surface area contributed by atoms with Crippen molar-refractivity contribution in [2.75, 3.05) is 26.2 Å². The van der Waals surface area contributed by atoms with E-state index < -0.39 is 0 Å². The topological polar surface area (TPSA) is 55.6 Å². The van der Waals surface area contributed by atoms with Crippen LogP contribution in [0, 0.1) is 5.82 Å². The lowest BCUT2D eigenvalue weighted by molar-refractivity contribution is -0.144. The molecule has 0 amide bonds. The molecule has 0 spiro atoms. The molecule has 1 saturated heterocycles. The van der Waals surface area contributed by atoms with E-state index in [2.05, 4.69) is 10.1 Å². The van der Waals surface area contributed by atoms with Crippen LogP contribution in [0.5, 0.6) is 0 Å². The minimum atomic E-state index is -0.320. The number of esters is 1. The molecule has 5 nitrogen and oxygen atoms in total. The van der Waals surface area contributed by atoms with E-state index in [0.29, 0.717) is 18.7 Å². The Morgan fingerprint density at radius 3 is 2.95 bits per heavy atom. The van der Waals surface area contributed by atoms with Gasteiger partial charge in [0.15, 0.2) is 5.58 Å². The highest BCUT2D eigenvalue weighted by atomic mass is 19.1. The number of likely N-dealkylation sites (tertiary alicyclic amines) is 1. The average molecular weight is 306 g/mol. The summed E-state index contributed by atoms with van der Waals surface area (Å²) in [6.45, 7) is 4.20. The molecular formula is C16H19FN2O3. The van der Waals surface area contributed by atoms with E-state index in [4.69, 9.17) is 9.26 Å². The fourth-order valence-corrected chi connectivity index (χ4v) is 2.98. The van der Waals surface area contributed by atoms with E-state index in [1.165, 1.54) is 12.1 Å². The number of carbonyl (C=O) groups is 1. The summed E-state index contributed by atoms with van der Waals surface area (Å²) in [5.41, 5.74) is 1.38. The van der Waals surface area contributed by atoms with Gasteiger partial charge in [-0.1, -0.05) is 5.16 Å². The van der Waals surface area contributed by atoms with E-state index in [-0.39, 0.29) is 17.7 Å². The summed E-state index contributed by atoms with van der Waals surface area (Å²) in [4.78, 5) is 13.6. The van der Waals surface area contributed by atoms with E-state index in [1.807, 2.05) is 6.92 Å². The number of nitrogens with zero attached hydrogens (tertiary/aromatic N) is 2. The first-order chi connectivity index (χ1) is 10.7. The summed E-state index contributed by atoms with van der Waals surface area (Å²) < 4.78 is 23.4. The summed E-state index contributed by atoms with van der Waals surface area (Å²) in [6.07, 6.45) is 1.80. The largest absolute Gasteiger partial charge is 0.465 e. The van der Waals surface area contributed by atoms with Gasteiger partial charge in [0.1, 0.15) is 5.82 Å². The minimum absolute atomic E-state index is 0.177. The molecule has 1 aliphatic rings. The Hall–Kier alpha value is -1.95. The second-order valence-corrected chi connectivity index (χ2v) is 5.56. The fourth-order valence-electron chi connectivity index (χ4n) is 2.98. The zero-order valence-corrected chi connectivity index (χ0v) is 12.5. The zero-order valence-electron chi connectivity index (χ0n) is 12.5. The summed E-state index contributed by atoms with van der Waals surface area (Å²) in [5.74, 6) is -0.215. The van der Waals surface area contributed by atoms with Gasteiger partial charge < -0.3 is 9.26 Å². The van der Waals surface area contributed by atoms with Crippen molar-refractivity contribution in [1.29, 1.82) is 0 Å². The van der Waals surface area contributed by atoms with E-state index >= 15 is 0 Å². The van der Waals surface area contributed by atoms with Crippen LogP contribution in [0.2, 0.25) is 0 Å². The lowest BCUT2D eigenvalue weighted by Crippen LogP contribution is -2.37. The normalized spacial score (nSPS) is 17.0. The second kappa shape index (κ2) is 6.44. The van der Waals surface area contributed by atoms with Crippen molar-refractivity contribution in [2.45, 2.75) is 25.7 Å². The molecular weight excluding hydrogens is 287 g/mol. The third kappa shape index (κ3) is 3.11. The van der Waals surface area contributed by atoms with Crippen molar-refractivity contribution >= 4 is 16.9 Å². The third-order valence-electron chi connectivity index (χ3n) is 4.09. The van der Waals surface area contributed by atoms with Crippen LogP contribution in [0.15, 0.2) is 22.7 Å². The molecule has 1 fully saturated rings. The van der Waals surface area contributed by atoms with E-state index in [1.54, 1.807) is 6.07 Å². The zero-order chi connectivity index (χ0) is 15.5. The van der Waals surface area contributed by atoms with Gasteiger partial charge in [-0.3, -0.25) is 9.69 Å². The summed E-state index contributed by atoms with van der Waals surface area (Å²) in [5, 5.41) is 5.00. The van der Waals surface area contributed by atoms with Crippen molar-refractivity contribution < 1.29 is 18.4 Å². The Labute approximate surface area is 128 Å². The van der Waals surface area contributed by atoms with Gasteiger partial charge in [-0.15, -0.1) is 0 Å².